The lowest BCUT2D eigenvalue weighted by Crippen LogP contribution is -2.05. The van der Waals surface area contributed by atoms with Crippen LogP contribution in [0.4, 0.5) is 0 Å². The molecule has 2 N–H and O–H groups in total. The molecule has 1 aromatic carbocycles. The van der Waals surface area contributed by atoms with Crippen LogP contribution in [0.5, 0.6) is 11.5 Å². The number of rotatable bonds is 6. The molecule has 0 spiro atoms. The number of nitrogens with zero attached hydrogens (tertiary/aromatic N) is 2. The lowest BCUT2D eigenvalue weighted by atomic mass is 10.3. The number of hydrogen-bond donors (Lipinski definition) is 1. The van der Waals surface area contributed by atoms with Crippen LogP contribution in [0.3, 0.4) is 0 Å². The van der Waals surface area contributed by atoms with Gasteiger partial charge in [0.2, 0.25) is 11.7 Å². The summed E-state index contributed by atoms with van der Waals surface area (Å²) in [6.45, 7) is 4.61. The maximum atomic E-state index is 5.63. The van der Waals surface area contributed by atoms with Crippen molar-refractivity contribution in [3.8, 4) is 11.5 Å². The molecule has 102 valence electrons. The number of hydrogen-bond acceptors (Lipinski definition) is 6. The van der Waals surface area contributed by atoms with Crippen molar-refractivity contribution in [2.45, 2.75) is 26.5 Å². The number of nitrogens with two attached hydrogens (primary N) is 1. The maximum Gasteiger partial charge on any atom is 0.243 e. The lowest BCUT2D eigenvalue weighted by molar-refractivity contribution is 0.283. The van der Waals surface area contributed by atoms with Crippen molar-refractivity contribution in [2.24, 2.45) is 5.73 Å². The van der Waals surface area contributed by atoms with Crippen molar-refractivity contribution in [1.82, 2.24) is 10.1 Å². The van der Waals surface area contributed by atoms with E-state index < -0.39 is 0 Å². The van der Waals surface area contributed by atoms with E-state index in [1.165, 1.54) is 0 Å². The van der Waals surface area contributed by atoms with Crippen molar-refractivity contribution in [3.63, 3.8) is 0 Å². The highest BCUT2D eigenvalue weighted by atomic mass is 16.5. The van der Waals surface area contributed by atoms with Crippen LogP contribution in [0.15, 0.2) is 28.8 Å². The molecule has 0 aliphatic carbocycles. The van der Waals surface area contributed by atoms with Gasteiger partial charge in [0.15, 0.2) is 6.61 Å². The molecule has 0 aliphatic heterocycles. The summed E-state index contributed by atoms with van der Waals surface area (Å²) in [7, 11) is 0. The Bertz CT molecular complexity index is 508. The number of benzene rings is 1. The third-order valence-electron chi connectivity index (χ3n) is 2.38. The molecule has 2 aromatic rings. The van der Waals surface area contributed by atoms with E-state index in [1.807, 2.05) is 31.2 Å². The fourth-order valence-electron chi connectivity index (χ4n) is 1.46. The second kappa shape index (κ2) is 6.19. The molecule has 0 saturated carbocycles. The smallest absolute Gasteiger partial charge is 0.243 e. The molecular formula is C13H17N3O3. The molecule has 6 heteroatoms. The molecule has 1 unspecified atom stereocenters. The van der Waals surface area contributed by atoms with Crippen molar-refractivity contribution < 1.29 is 14.0 Å². The van der Waals surface area contributed by atoms with Gasteiger partial charge < -0.3 is 19.7 Å². The Labute approximate surface area is 111 Å². The summed E-state index contributed by atoms with van der Waals surface area (Å²) in [6, 6.07) is 7.09. The van der Waals surface area contributed by atoms with Crippen molar-refractivity contribution in [3.05, 3.63) is 36.0 Å². The van der Waals surface area contributed by atoms with Crippen LogP contribution in [0.25, 0.3) is 0 Å². The predicted octanol–water partition coefficient (Wildman–Crippen LogP) is 2.07. The zero-order valence-corrected chi connectivity index (χ0v) is 11.0. The summed E-state index contributed by atoms with van der Waals surface area (Å²) < 4.78 is 15.9. The van der Waals surface area contributed by atoms with E-state index in [4.69, 9.17) is 19.7 Å². The van der Waals surface area contributed by atoms with Gasteiger partial charge in [-0.25, -0.2) is 0 Å². The van der Waals surface area contributed by atoms with Crippen LogP contribution in [0.2, 0.25) is 0 Å². The molecule has 19 heavy (non-hydrogen) atoms. The van der Waals surface area contributed by atoms with Gasteiger partial charge in [-0.15, -0.1) is 0 Å². The van der Waals surface area contributed by atoms with E-state index in [0.717, 1.165) is 11.5 Å². The zero-order valence-electron chi connectivity index (χ0n) is 11.0. The first-order chi connectivity index (χ1) is 9.19. The maximum absolute atomic E-state index is 5.63. The average Bonchev–Trinajstić information content (AvgIpc) is 2.87. The number of aromatic nitrogens is 2. The quantitative estimate of drug-likeness (QED) is 0.858. The molecule has 0 aliphatic rings. The van der Waals surface area contributed by atoms with Gasteiger partial charge in [-0.3, -0.25) is 0 Å². The summed E-state index contributed by atoms with van der Waals surface area (Å²) in [4.78, 5) is 4.12. The number of ether oxygens (including phenoxy) is 2. The standard InChI is InChI=1S/C13H17N3O3/c1-3-17-10-4-6-11(7-5-10)18-8-12-15-13(9(2)14)19-16-12/h4-7,9H,3,8,14H2,1-2H3. The molecule has 0 bridgehead atoms. The second-order valence-electron chi connectivity index (χ2n) is 4.03. The van der Waals surface area contributed by atoms with Gasteiger partial charge >= 0.3 is 0 Å². The summed E-state index contributed by atoms with van der Waals surface area (Å²) in [5.74, 6) is 2.41. The Kier molecular flexibility index (Phi) is 4.35. The van der Waals surface area contributed by atoms with Crippen LogP contribution in [0.1, 0.15) is 31.6 Å². The van der Waals surface area contributed by atoms with E-state index in [0.29, 0.717) is 18.3 Å². The third-order valence-corrected chi connectivity index (χ3v) is 2.38. The summed E-state index contributed by atoms with van der Waals surface area (Å²) in [6.07, 6.45) is 0. The fourth-order valence-corrected chi connectivity index (χ4v) is 1.46. The van der Waals surface area contributed by atoms with Crippen LogP contribution >= 0.6 is 0 Å². The molecule has 0 radical (unpaired) electrons. The Morgan fingerprint density at radius 2 is 1.84 bits per heavy atom. The topological polar surface area (TPSA) is 83.4 Å². The van der Waals surface area contributed by atoms with E-state index in [2.05, 4.69) is 10.1 Å². The Balaban J connectivity index is 1.90. The minimum Gasteiger partial charge on any atom is -0.494 e. The monoisotopic (exact) mass is 263 g/mol. The highest BCUT2D eigenvalue weighted by molar-refractivity contribution is 5.31. The minimum absolute atomic E-state index is 0.240. The van der Waals surface area contributed by atoms with Crippen molar-refractivity contribution in [2.75, 3.05) is 6.61 Å². The van der Waals surface area contributed by atoms with Crippen LogP contribution in [-0.2, 0) is 6.61 Å². The van der Waals surface area contributed by atoms with Gasteiger partial charge in [-0.05, 0) is 38.1 Å². The predicted molar refractivity (Wildman–Crippen MR) is 68.8 cm³/mol. The van der Waals surface area contributed by atoms with Gasteiger partial charge in [0.25, 0.3) is 0 Å². The third kappa shape index (κ3) is 3.69. The molecule has 2 rings (SSSR count). The average molecular weight is 263 g/mol. The largest absolute Gasteiger partial charge is 0.494 e. The van der Waals surface area contributed by atoms with Crippen molar-refractivity contribution >= 4 is 0 Å². The van der Waals surface area contributed by atoms with E-state index in [1.54, 1.807) is 6.92 Å². The minimum atomic E-state index is -0.272. The van der Waals surface area contributed by atoms with Crippen molar-refractivity contribution in [1.29, 1.82) is 0 Å². The Morgan fingerprint density at radius 3 is 2.37 bits per heavy atom. The van der Waals surface area contributed by atoms with Crippen LogP contribution in [-0.4, -0.2) is 16.7 Å². The fraction of sp³-hybridized carbons (Fsp3) is 0.385. The Morgan fingerprint density at radius 1 is 1.21 bits per heavy atom. The molecule has 0 saturated heterocycles. The molecule has 0 fully saturated rings. The summed E-state index contributed by atoms with van der Waals surface area (Å²) in [5.41, 5.74) is 5.63. The van der Waals surface area contributed by atoms with E-state index in [9.17, 15) is 0 Å². The van der Waals surface area contributed by atoms with Gasteiger partial charge in [0, 0.05) is 0 Å². The first-order valence-corrected chi connectivity index (χ1v) is 6.12. The SMILES string of the molecule is CCOc1ccc(OCc2noc(C(C)N)n2)cc1. The van der Waals surface area contributed by atoms with E-state index >= 15 is 0 Å². The summed E-state index contributed by atoms with van der Waals surface area (Å²) in [5, 5.41) is 3.78. The molecule has 0 amide bonds. The van der Waals surface area contributed by atoms with Gasteiger partial charge in [0.05, 0.1) is 12.6 Å². The molecule has 1 heterocycles. The molecule has 6 nitrogen and oxygen atoms in total. The first kappa shape index (κ1) is 13.4. The highest BCUT2D eigenvalue weighted by Crippen LogP contribution is 2.18. The van der Waals surface area contributed by atoms with E-state index in [-0.39, 0.29) is 12.6 Å². The van der Waals surface area contributed by atoms with Crippen LogP contribution in [0, 0.1) is 0 Å². The lowest BCUT2D eigenvalue weighted by Gasteiger charge is -2.05. The van der Waals surface area contributed by atoms with Gasteiger partial charge in [-0.1, -0.05) is 5.16 Å². The zero-order chi connectivity index (χ0) is 13.7. The van der Waals surface area contributed by atoms with Gasteiger partial charge in [0.1, 0.15) is 11.5 Å². The highest BCUT2D eigenvalue weighted by Gasteiger charge is 2.10. The molecule has 1 aromatic heterocycles. The second-order valence-corrected chi connectivity index (χ2v) is 4.03. The molecular weight excluding hydrogens is 246 g/mol. The van der Waals surface area contributed by atoms with Gasteiger partial charge in [-0.2, -0.15) is 4.98 Å². The first-order valence-electron chi connectivity index (χ1n) is 6.12. The Hall–Kier alpha value is -2.08. The summed E-state index contributed by atoms with van der Waals surface area (Å²) >= 11 is 0. The van der Waals surface area contributed by atoms with Crippen LogP contribution < -0.4 is 15.2 Å². The molecule has 1 atom stereocenters. The normalized spacial score (nSPS) is 12.2.